The lowest BCUT2D eigenvalue weighted by atomic mass is 10.4. The quantitative estimate of drug-likeness (QED) is 0.220. The van der Waals surface area contributed by atoms with Crippen molar-refractivity contribution in [3.8, 4) is 0 Å². The van der Waals surface area contributed by atoms with Gasteiger partial charge < -0.3 is 14.7 Å². The van der Waals surface area contributed by atoms with Crippen molar-refractivity contribution in [2.24, 2.45) is 0 Å². The molecule has 0 amide bonds. The van der Waals surface area contributed by atoms with E-state index in [0.29, 0.717) is 12.2 Å². The van der Waals surface area contributed by atoms with Crippen molar-refractivity contribution < 1.29 is 33.8 Å². The van der Waals surface area contributed by atoms with Crippen molar-refractivity contribution in [1.82, 2.24) is 0 Å². The summed E-state index contributed by atoms with van der Waals surface area (Å²) in [5.74, 6) is -0.499. The van der Waals surface area contributed by atoms with Gasteiger partial charge in [-0.15, -0.1) is 0 Å². The second-order valence-corrected chi connectivity index (χ2v) is 3.87. The first-order chi connectivity index (χ1) is 7.18. The highest BCUT2D eigenvalue weighted by atomic mass is 31.2. The second kappa shape index (κ2) is 9.50. The van der Waals surface area contributed by atoms with Gasteiger partial charge in [-0.25, -0.2) is 9.36 Å². The fourth-order valence-corrected chi connectivity index (χ4v) is 0.370. The van der Waals surface area contributed by atoms with Crippen molar-refractivity contribution in [2.45, 2.75) is 26.7 Å². The highest BCUT2D eigenvalue weighted by molar-refractivity contribution is 7.45. The molecule has 0 saturated carbocycles. The Morgan fingerprint density at radius 2 is 1.81 bits per heavy atom. The Hall–Kier alpha value is -0.720. The fourth-order valence-electron chi connectivity index (χ4n) is 0.370. The van der Waals surface area contributed by atoms with Crippen molar-refractivity contribution in [2.75, 3.05) is 6.61 Å². The highest BCUT2D eigenvalue weighted by Gasteiger charge is 2.02. The van der Waals surface area contributed by atoms with E-state index in [9.17, 15) is 4.79 Å². The summed E-state index contributed by atoms with van der Waals surface area (Å²) < 4.78 is 8.88. The lowest BCUT2D eigenvalue weighted by Gasteiger charge is -2.00. The average Bonchev–Trinajstić information content (AvgIpc) is 2.09. The maximum atomic E-state index is 10.7. The zero-order valence-corrected chi connectivity index (χ0v) is 10.1. The molecular formula is C8H17O7P. The van der Waals surface area contributed by atoms with Crippen LogP contribution in [-0.4, -0.2) is 27.3 Å². The molecule has 0 aliphatic heterocycles. The van der Waals surface area contributed by atoms with Crippen LogP contribution in [0.3, 0.4) is 0 Å². The summed E-state index contributed by atoms with van der Waals surface area (Å²) in [5.41, 5.74) is 0.349. The molecular weight excluding hydrogens is 239 g/mol. The number of rotatable bonds is 5. The minimum atomic E-state index is -4.64. The first kappa shape index (κ1) is 17.7. The minimum Gasteiger partial charge on any atom is -0.303 e. The summed E-state index contributed by atoms with van der Waals surface area (Å²) in [6.07, 6.45) is 1.91. The van der Waals surface area contributed by atoms with Crippen molar-refractivity contribution in [3.05, 3.63) is 12.2 Å². The van der Waals surface area contributed by atoms with Crippen molar-refractivity contribution >= 4 is 13.8 Å². The number of hydrogen-bond acceptors (Lipinski definition) is 4. The molecule has 0 atom stereocenters. The zero-order chi connectivity index (χ0) is 13.2. The Bertz CT molecular complexity index is 249. The van der Waals surface area contributed by atoms with Crippen molar-refractivity contribution in [3.63, 3.8) is 0 Å². The van der Waals surface area contributed by atoms with E-state index < -0.39 is 13.8 Å². The first-order valence-corrected chi connectivity index (χ1v) is 6.02. The lowest BCUT2D eigenvalue weighted by Crippen LogP contribution is -2.06. The molecule has 0 aliphatic rings. The molecule has 0 aromatic rings. The number of carbonyl (C=O) groups is 1. The summed E-state index contributed by atoms with van der Waals surface area (Å²) >= 11 is 0. The third-order valence-electron chi connectivity index (χ3n) is 1.06. The van der Waals surface area contributed by atoms with E-state index in [0.717, 1.165) is 12.8 Å². The monoisotopic (exact) mass is 256 g/mol. The summed E-state index contributed by atoms with van der Waals surface area (Å²) in [6, 6.07) is 0. The van der Waals surface area contributed by atoms with Gasteiger partial charge in [0.05, 0.1) is 6.61 Å². The van der Waals surface area contributed by atoms with Crippen molar-refractivity contribution in [1.29, 1.82) is 0 Å². The number of unbranched alkanes of at least 4 members (excludes halogenated alkanes) is 1. The van der Waals surface area contributed by atoms with Crippen LogP contribution in [0.25, 0.3) is 0 Å². The van der Waals surface area contributed by atoms with Gasteiger partial charge in [0.1, 0.15) is 0 Å². The van der Waals surface area contributed by atoms with Crippen LogP contribution in [-0.2, 0) is 19.1 Å². The maximum Gasteiger partial charge on any atom is 0.466 e. The molecule has 0 unspecified atom stereocenters. The molecule has 3 N–H and O–H groups in total. The topological polar surface area (TPSA) is 113 Å². The van der Waals surface area contributed by atoms with Crippen LogP contribution in [0.15, 0.2) is 12.2 Å². The first-order valence-electron chi connectivity index (χ1n) is 4.46. The lowest BCUT2D eigenvalue weighted by molar-refractivity contribution is -0.268. The van der Waals surface area contributed by atoms with Gasteiger partial charge in [0.2, 0.25) is 0 Å². The van der Waals surface area contributed by atoms with Gasteiger partial charge in [0.25, 0.3) is 0 Å². The van der Waals surface area contributed by atoms with Gasteiger partial charge in [0, 0.05) is 5.57 Å². The van der Waals surface area contributed by atoms with E-state index >= 15 is 0 Å². The summed E-state index contributed by atoms with van der Waals surface area (Å²) in [4.78, 5) is 41.2. The average molecular weight is 256 g/mol. The Labute approximate surface area is 93.9 Å². The van der Waals surface area contributed by atoms with E-state index in [2.05, 4.69) is 16.4 Å². The molecule has 0 aliphatic carbocycles. The second-order valence-electron chi connectivity index (χ2n) is 2.84. The van der Waals surface area contributed by atoms with Gasteiger partial charge >= 0.3 is 13.8 Å². The Morgan fingerprint density at radius 3 is 2.12 bits per heavy atom. The fraction of sp³-hybridized carbons (Fsp3) is 0.625. The molecule has 7 nitrogen and oxygen atoms in total. The Kier molecular flexibility index (Phi) is 10.5. The molecule has 16 heavy (non-hydrogen) atoms. The number of carbonyl (C=O) groups excluding carboxylic acids is 1. The number of hydrogen-bond donors (Lipinski definition) is 3. The van der Waals surface area contributed by atoms with Crippen LogP contribution in [0.1, 0.15) is 26.7 Å². The van der Waals surface area contributed by atoms with Crippen LogP contribution in [0, 0.1) is 0 Å². The minimum absolute atomic E-state index is 0.349. The van der Waals surface area contributed by atoms with E-state index in [1.54, 1.807) is 6.92 Å². The molecule has 0 saturated heterocycles. The molecule has 0 radical (unpaired) electrons. The van der Waals surface area contributed by atoms with Crippen LogP contribution >= 0.6 is 7.82 Å². The maximum absolute atomic E-state index is 10.7. The smallest absolute Gasteiger partial charge is 0.303 e. The standard InChI is InChI=1S/C8H14O3.H3O4P/c1-4-5-6-10-11-8(9)7(2)3;1-5(2,3)4/h2,4-6H2,1,3H3;(H3,1,2,3,4). The Morgan fingerprint density at radius 1 is 1.38 bits per heavy atom. The molecule has 0 fully saturated rings. The molecule has 0 aromatic carbocycles. The van der Waals surface area contributed by atoms with Crippen LogP contribution in [0.2, 0.25) is 0 Å². The number of phosphoric acid groups is 1. The third-order valence-corrected chi connectivity index (χ3v) is 1.06. The van der Waals surface area contributed by atoms with E-state index in [1.807, 2.05) is 6.92 Å². The third kappa shape index (κ3) is 23.3. The van der Waals surface area contributed by atoms with E-state index in [1.165, 1.54) is 0 Å². The molecule has 96 valence electrons. The van der Waals surface area contributed by atoms with Crippen LogP contribution in [0.4, 0.5) is 0 Å². The van der Waals surface area contributed by atoms with Crippen LogP contribution in [0.5, 0.6) is 0 Å². The van der Waals surface area contributed by atoms with E-state index in [4.69, 9.17) is 19.2 Å². The Balaban J connectivity index is 0. The van der Waals surface area contributed by atoms with Gasteiger partial charge in [-0.05, 0) is 13.3 Å². The predicted octanol–water partition coefficient (Wildman–Crippen LogP) is 0.909. The summed E-state index contributed by atoms with van der Waals surface area (Å²) in [5, 5.41) is 0. The van der Waals surface area contributed by atoms with Gasteiger partial charge in [0.15, 0.2) is 0 Å². The van der Waals surface area contributed by atoms with Gasteiger partial charge in [-0.1, -0.05) is 19.9 Å². The molecule has 0 aromatic heterocycles. The summed E-state index contributed by atoms with van der Waals surface area (Å²) in [7, 11) is -4.64. The molecule has 0 heterocycles. The summed E-state index contributed by atoms with van der Waals surface area (Å²) in [6.45, 7) is 7.46. The molecule has 0 bridgehead atoms. The molecule has 0 spiro atoms. The van der Waals surface area contributed by atoms with E-state index in [-0.39, 0.29) is 0 Å². The molecule has 8 heteroatoms. The normalized spacial score (nSPS) is 10.1. The van der Waals surface area contributed by atoms with Gasteiger partial charge in [-0.3, -0.25) is 4.89 Å². The highest BCUT2D eigenvalue weighted by Crippen LogP contribution is 2.25. The molecule has 0 rings (SSSR count). The SMILES string of the molecule is C=C(C)C(=O)OOCCCC.O=P(O)(O)O. The van der Waals surface area contributed by atoms with Crippen LogP contribution < -0.4 is 0 Å². The predicted molar refractivity (Wildman–Crippen MR) is 56.0 cm³/mol. The van der Waals surface area contributed by atoms with Gasteiger partial charge in [-0.2, -0.15) is 4.89 Å². The largest absolute Gasteiger partial charge is 0.466 e. The zero-order valence-electron chi connectivity index (χ0n) is 9.25.